The molecule has 7 nitrogen and oxygen atoms in total. The highest BCUT2D eigenvalue weighted by Gasteiger charge is 2.49. The van der Waals surface area contributed by atoms with Gasteiger partial charge in [-0.2, -0.15) is 5.10 Å². The van der Waals surface area contributed by atoms with Crippen LogP contribution in [-0.4, -0.2) is 58.1 Å². The molecule has 2 saturated heterocycles. The summed E-state index contributed by atoms with van der Waals surface area (Å²) in [5, 5.41) is 4.35. The standard InChI is InChI=1S/C21H26N4O3/c1-4-24-10-9-19(22-24)21(27)23-11-16-12-25(14(2)26)20(18(16)13-23)15-5-7-17(28-3)8-6-15/h5-10,16,18,20H,4,11-13H2,1-3H3/t16-,18-,20+/m1/s1. The Labute approximate surface area is 164 Å². The van der Waals surface area contributed by atoms with Crippen LogP contribution in [0.15, 0.2) is 36.5 Å². The van der Waals surface area contributed by atoms with Crippen LogP contribution in [0.4, 0.5) is 0 Å². The highest BCUT2D eigenvalue weighted by atomic mass is 16.5. The maximum absolute atomic E-state index is 12.9. The second-order valence-corrected chi connectivity index (χ2v) is 7.58. The number of aromatic nitrogens is 2. The number of hydrogen-bond donors (Lipinski definition) is 0. The Kier molecular flexibility index (Phi) is 4.83. The molecule has 0 saturated carbocycles. The second kappa shape index (κ2) is 7.30. The van der Waals surface area contributed by atoms with Crippen molar-refractivity contribution in [2.45, 2.75) is 26.4 Å². The van der Waals surface area contributed by atoms with Crippen molar-refractivity contribution in [1.29, 1.82) is 0 Å². The monoisotopic (exact) mass is 382 g/mol. The maximum atomic E-state index is 12.9. The van der Waals surface area contributed by atoms with Crippen molar-refractivity contribution >= 4 is 11.8 Å². The van der Waals surface area contributed by atoms with Crippen LogP contribution in [0.25, 0.3) is 0 Å². The van der Waals surface area contributed by atoms with Gasteiger partial charge in [0.25, 0.3) is 5.91 Å². The highest BCUT2D eigenvalue weighted by molar-refractivity contribution is 5.92. The molecular weight excluding hydrogens is 356 g/mol. The average molecular weight is 382 g/mol. The van der Waals surface area contributed by atoms with E-state index in [4.69, 9.17) is 4.74 Å². The predicted molar refractivity (Wildman–Crippen MR) is 104 cm³/mol. The van der Waals surface area contributed by atoms with Crippen LogP contribution in [-0.2, 0) is 11.3 Å². The molecule has 0 N–H and O–H groups in total. The van der Waals surface area contributed by atoms with E-state index in [2.05, 4.69) is 5.10 Å². The summed E-state index contributed by atoms with van der Waals surface area (Å²) in [6, 6.07) is 9.67. The van der Waals surface area contributed by atoms with Gasteiger partial charge in [-0.3, -0.25) is 14.3 Å². The third-order valence-corrected chi connectivity index (χ3v) is 6.00. The lowest BCUT2D eigenvalue weighted by Crippen LogP contribution is -2.36. The molecule has 2 fully saturated rings. The maximum Gasteiger partial charge on any atom is 0.274 e. The first-order valence-corrected chi connectivity index (χ1v) is 9.75. The molecule has 1 aromatic carbocycles. The summed E-state index contributed by atoms with van der Waals surface area (Å²) >= 11 is 0. The van der Waals surface area contributed by atoms with E-state index in [0.29, 0.717) is 25.3 Å². The molecule has 28 heavy (non-hydrogen) atoms. The minimum Gasteiger partial charge on any atom is -0.497 e. The minimum atomic E-state index is -0.0237. The molecule has 0 unspecified atom stereocenters. The van der Waals surface area contributed by atoms with Gasteiger partial charge in [0.1, 0.15) is 11.4 Å². The van der Waals surface area contributed by atoms with Crippen LogP contribution in [0.3, 0.4) is 0 Å². The number of aryl methyl sites for hydroxylation is 1. The summed E-state index contributed by atoms with van der Waals surface area (Å²) in [6.45, 7) is 6.35. The first kappa shape index (κ1) is 18.5. The first-order chi connectivity index (χ1) is 13.5. The summed E-state index contributed by atoms with van der Waals surface area (Å²) in [7, 11) is 1.64. The van der Waals surface area contributed by atoms with Gasteiger partial charge in [0.05, 0.1) is 13.2 Å². The molecule has 2 aliphatic heterocycles. The van der Waals surface area contributed by atoms with Gasteiger partial charge >= 0.3 is 0 Å². The van der Waals surface area contributed by atoms with Crippen molar-refractivity contribution in [1.82, 2.24) is 19.6 Å². The smallest absolute Gasteiger partial charge is 0.274 e. The van der Waals surface area contributed by atoms with E-state index in [9.17, 15) is 9.59 Å². The number of fused-ring (bicyclic) bond motifs is 1. The molecule has 2 aliphatic rings. The summed E-state index contributed by atoms with van der Waals surface area (Å²) in [6.07, 6.45) is 1.84. The SMILES string of the molecule is CCn1ccc(C(=O)N2C[C@@H]3CN(C(C)=O)[C@@H](c4ccc(OC)cc4)[C@@H]3C2)n1. The third-order valence-electron chi connectivity index (χ3n) is 6.00. The number of ether oxygens (including phenoxy) is 1. The van der Waals surface area contributed by atoms with Crippen LogP contribution in [0.2, 0.25) is 0 Å². The molecule has 0 radical (unpaired) electrons. The van der Waals surface area contributed by atoms with E-state index < -0.39 is 0 Å². The summed E-state index contributed by atoms with van der Waals surface area (Å²) in [5.74, 6) is 1.37. The van der Waals surface area contributed by atoms with Gasteiger partial charge in [0.15, 0.2) is 0 Å². The van der Waals surface area contributed by atoms with Crippen molar-refractivity contribution in [3.05, 3.63) is 47.8 Å². The quantitative estimate of drug-likeness (QED) is 0.813. The Hall–Kier alpha value is -2.83. The van der Waals surface area contributed by atoms with E-state index in [1.54, 1.807) is 24.8 Å². The number of benzene rings is 1. The topological polar surface area (TPSA) is 67.7 Å². The lowest BCUT2D eigenvalue weighted by Gasteiger charge is -2.29. The largest absolute Gasteiger partial charge is 0.497 e. The van der Waals surface area contributed by atoms with E-state index in [1.165, 1.54) is 0 Å². The fourth-order valence-electron chi connectivity index (χ4n) is 4.58. The molecule has 4 rings (SSSR count). The number of methoxy groups -OCH3 is 1. The second-order valence-electron chi connectivity index (χ2n) is 7.58. The molecule has 3 atom stereocenters. The number of nitrogens with zero attached hydrogens (tertiary/aromatic N) is 4. The Balaban J connectivity index is 1.56. The van der Waals surface area contributed by atoms with Crippen molar-refractivity contribution < 1.29 is 14.3 Å². The van der Waals surface area contributed by atoms with E-state index in [1.807, 2.05) is 47.2 Å². The molecule has 1 aromatic heterocycles. The van der Waals surface area contributed by atoms with Crippen LogP contribution in [0.1, 0.15) is 35.9 Å². The Bertz CT molecular complexity index is 876. The number of amides is 2. The highest BCUT2D eigenvalue weighted by Crippen LogP contribution is 2.45. The fourth-order valence-corrected chi connectivity index (χ4v) is 4.58. The van der Waals surface area contributed by atoms with Crippen molar-refractivity contribution in [2.24, 2.45) is 11.8 Å². The van der Waals surface area contributed by atoms with Crippen molar-refractivity contribution in [3.63, 3.8) is 0 Å². The number of likely N-dealkylation sites (tertiary alicyclic amines) is 2. The van der Waals surface area contributed by atoms with Gasteiger partial charge in [-0.1, -0.05) is 12.1 Å². The number of rotatable bonds is 4. The lowest BCUT2D eigenvalue weighted by atomic mass is 9.89. The zero-order valence-corrected chi connectivity index (χ0v) is 16.5. The minimum absolute atomic E-state index is 0.0144. The van der Waals surface area contributed by atoms with Gasteiger partial charge in [-0.05, 0) is 30.7 Å². The molecule has 0 spiro atoms. The fraction of sp³-hybridized carbons (Fsp3) is 0.476. The average Bonchev–Trinajstić information content (AvgIpc) is 3.41. The molecule has 7 heteroatoms. The number of hydrogen-bond acceptors (Lipinski definition) is 4. The number of carbonyl (C=O) groups is 2. The Morgan fingerprint density at radius 3 is 2.50 bits per heavy atom. The zero-order chi connectivity index (χ0) is 19.8. The molecule has 2 aromatic rings. The van der Waals surface area contributed by atoms with Gasteiger partial charge in [0.2, 0.25) is 5.91 Å². The lowest BCUT2D eigenvalue weighted by molar-refractivity contribution is -0.130. The molecular formula is C21H26N4O3. The molecule has 148 valence electrons. The Morgan fingerprint density at radius 2 is 1.89 bits per heavy atom. The van der Waals surface area contributed by atoms with Gasteiger partial charge < -0.3 is 14.5 Å². The van der Waals surface area contributed by atoms with Gasteiger partial charge in [0, 0.05) is 51.1 Å². The van der Waals surface area contributed by atoms with E-state index in [0.717, 1.165) is 17.9 Å². The van der Waals surface area contributed by atoms with Crippen LogP contribution in [0, 0.1) is 11.8 Å². The predicted octanol–water partition coefficient (Wildman–Crippen LogP) is 2.20. The molecule has 0 bridgehead atoms. The molecule has 2 amide bonds. The summed E-state index contributed by atoms with van der Waals surface area (Å²) in [4.78, 5) is 29.0. The van der Waals surface area contributed by atoms with Crippen LogP contribution in [0.5, 0.6) is 5.75 Å². The Morgan fingerprint density at radius 1 is 1.14 bits per heavy atom. The van der Waals surface area contributed by atoms with Gasteiger partial charge in [-0.25, -0.2) is 0 Å². The normalized spacial score (nSPS) is 23.8. The van der Waals surface area contributed by atoms with Crippen LogP contribution >= 0.6 is 0 Å². The van der Waals surface area contributed by atoms with E-state index in [-0.39, 0.29) is 29.7 Å². The third kappa shape index (κ3) is 3.15. The summed E-state index contributed by atoms with van der Waals surface area (Å²) < 4.78 is 7.02. The summed E-state index contributed by atoms with van der Waals surface area (Å²) in [5.41, 5.74) is 1.58. The van der Waals surface area contributed by atoms with Gasteiger partial charge in [-0.15, -0.1) is 0 Å². The van der Waals surface area contributed by atoms with E-state index >= 15 is 0 Å². The zero-order valence-electron chi connectivity index (χ0n) is 16.5. The van der Waals surface area contributed by atoms with Crippen molar-refractivity contribution in [2.75, 3.05) is 26.7 Å². The molecule has 0 aliphatic carbocycles. The van der Waals surface area contributed by atoms with Crippen molar-refractivity contribution in [3.8, 4) is 5.75 Å². The molecule has 3 heterocycles. The van der Waals surface area contributed by atoms with Crippen LogP contribution < -0.4 is 4.74 Å². The first-order valence-electron chi connectivity index (χ1n) is 9.75. The number of carbonyl (C=O) groups excluding carboxylic acids is 2.